The first-order chi connectivity index (χ1) is 11.5. The maximum atomic E-state index is 11.9. The van der Waals surface area contributed by atoms with E-state index < -0.39 is 11.9 Å². The van der Waals surface area contributed by atoms with E-state index in [4.69, 9.17) is 9.47 Å². The molecule has 0 saturated carbocycles. The molecule has 0 aliphatic rings. The molecule has 1 atom stereocenters. The van der Waals surface area contributed by atoms with Crippen molar-refractivity contribution < 1.29 is 23.9 Å². The number of hydrogen-bond donors (Lipinski definition) is 2. The topological polar surface area (TPSA) is 93.7 Å². The van der Waals surface area contributed by atoms with Crippen molar-refractivity contribution >= 4 is 18.1 Å². The Morgan fingerprint density at radius 2 is 1.96 bits per heavy atom. The van der Waals surface area contributed by atoms with Crippen LogP contribution in [0.2, 0.25) is 0 Å². The Kier molecular flexibility index (Phi) is 8.32. The number of rotatable bonds is 10. The zero-order chi connectivity index (χ0) is 17.9. The van der Waals surface area contributed by atoms with Crippen molar-refractivity contribution in [3.63, 3.8) is 0 Å². The first-order valence-electron chi connectivity index (χ1n) is 7.93. The van der Waals surface area contributed by atoms with E-state index in [2.05, 4.69) is 10.6 Å². The third-order valence-corrected chi connectivity index (χ3v) is 3.08. The molecule has 0 heterocycles. The van der Waals surface area contributed by atoms with Gasteiger partial charge in [-0.3, -0.25) is 14.4 Å². The Morgan fingerprint density at radius 1 is 1.21 bits per heavy atom. The zero-order valence-corrected chi connectivity index (χ0v) is 14.3. The summed E-state index contributed by atoms with van der Waals surface area (Å²) in [4.78, 5) is 34.4. The van der Waals surface area contributed by atoms with Crippen LogP contribution in [0.3, 0.4) is 0 Å². The van der Waals surface area contributed by atoms with Crippen LogP contribution in [0.5, 0.6) is 11.5 Å². The second kappa shape index (κ2) is 10.3. The van der Waals surface area contributed by atoms with Gasteiger partial charge in [0.25, 0.3) is 5.91 Å². The molecule has 1 aromatic rings. The predicted molar refractivity (Wildman–Crippen MR) is 89.4 cm³/mol. The number of carbonyl (C=O) groups excluding carboxylic acids is 3. The van der Waals surface area contributed by atoms with Crippen LogP contribution >= 0.6 is 0 Å². The predicted octanol–water partition coefficient (Wildman–Crippen LogP) is 1.31. The van der Waals surface area contributed by atoms with E-state index in [9.17, 15) is 14.4 Å². The van der Waals surface area contributed by atoms with Gasteiger partial charge in [0.15, 0.2) is 18.1 Å². The van der Waals surface area contributed by atoms with Gasteiger partial charge in [0, 0.05) is 12.1 Å². The second-order valence-electron chi connectivity index (χ2n) is 5.13. The van der Waals surface area contributed by atoms with E-state index in [0.717, 1.165) is 6.42 Å². The third-order valence-electron chi connectivity index (χ3n) is 3.08. The van der Waals surface area contributed by atoms with Crippen LogP contribution in [-0.4, -0.2) is 43.9 Å². The van der Waals surface area contributed by atoms with Crippen molar-refractivity contribution in [1.82, 2.24) is 10.6 Å². The van der Waals surface area contributed by atoms with E-state index in [1.165, 1.54) is 0 Å². The minimum absolute atomic E-state index is 0.240. The Morgan fingerprint density at radius 3 is 2.58 bits per heavy atom. The summed E-state index contributed by atoms with van der Waals surface area (Å²) in [5.41, 5.74) is 0.455. The molecule has 2 N–H and O–H groups in total. The summed E-state index contributed by atoms with van der Waals surface area (Å²) < 4.78 is 10.8. The minimum Gasteiger partial charge on any atom is -0.490 e. The summed E-state index contributed by atoms with van der Waals surface area (Å²) in [7, 11) is 0. The molecule has 0 aliphatic carbocycles. The first-order valence-corrected chi connectivity index (χ1v) is 7.93. The van der Waals surface area contributed by atoms with Crippen molar-refractivity contribution in [3.05, 3.63) is 23.8 Å². The number of hydrogen-bond acceptors (Lipinski definition) is 5. The minimum atomic E-state index is -0.642. The molecular weight excluding hydrogens is 312 g/mol. The lowest BCUT2D eigenvalue weighted by molar-refractivity contribution is -0.129. The SMILES string of the molecule is CCCNC(=O)[C@@H](C)NC(=O)COc1ccc(C=O)cc1OCC. The number of nitrogens with one attached hydrogen (secondary N) is 2. The third kappa shape index (κ3) is 6.28. The summed E-state index contributed by atoms with van der Waals surface area (Å²) in [6.07, 6.45) is 1.53. The highest BCUT2D eigenvalue weighted by molar-refractivity contribution is 5.87. The quantitative estimate of drug-likeness (QED) is 0.628. The van der Waals surface area contributed by atoms with E-state index in [1.807, 2.05) is 6.92 Å². The fourth-order valence-electron chi connectivity index (χ4n) is 1.88. The number of ether oxygens (including phenoxy) is 2. The lowest BCUT2D eigenvalue weighted by Crippen LogP contribution is -2.46. The van der Waals surface area contributed by atoms with E-state index >= 15 is 0 Å². The van der Waals surface area contributed by atoms with Crippen LogP contribution < -0.4 is 20.1 Å². The number of carbonyl (C=O) groups is 3. The van der Waals surface area contributed by atoms with Gasteiger partial charge in [-0.1, -0.05) is 6.92 Å². The van der Waals surface area contributed by atoms with E-state index in [1.54, 1.807) is 32.0 Å². The molecule has 0 bridgehead atoms. The maximum Gasteiger partial charge on any atom is 0.258 e. The van der Waals surface area contributed by atoms with Crippen LogP contribution in [0.25, 0.3) is 0 Å². The number of amides is 2. The Labute approximate surface area is 141 Å². The lowest BCUT2D eigenvalue weighted by atomic mass is 10.2. The normalized spacial score (nSPS) is 11.3. The molecule has 0 unspecified atom stereocenters. The molecule has 7 heteroatoms. The summed E-state index contributed by atoms with van der Waals surface area (Å²) in [6, 6.07) is 4.05. The molecule has 0 spiro atoms. The lowest BCUT2D eigenvalue weighted by Gasteiger charge is -2.15. The molecule has 2 amide bonds. The van der Waals surface area contributed by atoms with Gasteiger partial charge in [-0.25, -0.2) is 0 Å². The molecule has 1 rings (SSSR count). The summed E-state index contributed by atoms with van der Waals surface area (Å²) in [6.45, 7) is 6.07. The summed E-state index contributed by atoms with van der Waals surface area (Å²) >= 11 is 0. The van der Waals surface area contributed by atoms with Gasteiger partial charge >= 0.3 is 0 Å². The fourth-order valence-corrected chi connectivity index (χ4v) is 1.88. The Hall–Kier alpha value is -2.57. The molecule has 24 heavy (non-hydrogen) atoms. The monoisotopic (exact) mass is 336 g/mol. The first kappa shape index (κ1) is 19.5. The molecule has 0 aromatic heterocycles. The van der Waals surface area contributed by atoms with Gasteiger partial charge in [0.05, 0.1) is 6.61 Å². The van der Waals surface area contributed by atoms with Gasteiger partial charge < -0.3 is 20.1 Å². The zero-order valence-electron chi connectivity index (χ0n) is 14.3. The van der Waals surface area contributed by atoms with Gasteiger partial charge in [0.1, 0.15) is 12.3 Å². The molecule has 0 saturated heterocycles. The van der Waals surface area contributed by atoms with Gasteiger partial charge in [-0.05, 0) is 38.5 Å². The molecule has 1 aromatic carbocycles. The number of aldehydes is 1. The standard InChI is InChI=1S/C17H24N2O5/c1-4-8-18-17(22)12(3)19-16(21)11-24-14-7-6-13(10-20)9-15(14)23-5-2/h6-7,9-10,12H,4-5,8,11H2,1-3H3,(H,18,22)(H,19,21)/t12-/m1/s1. The highest BCUT2D eigenvalue weighted by atomic mass is 16.5. The average molecular weight is 336 g/mol. The maximum absolute atomic E-state index is 11.9. The molecule has 132 valence electrons. The Balaban J connectivity index is 2.57. The van der Waals surface area contributed by atoms with Crippen molar-refractivity contribution in [2.45, 2.75) is 33.2 Å². The van der Waals surface area contributed by atoms with Crippen LogP contribution in [0.1, 0.15) is 37.6 Å². The Bertz CT molecular complexity index is 574. The summed E-state index contributed by atoms with van der Waals surface area (Å²) in [5, 5.41) is 5.26. The van der Waals surface area contributed by atoms with Gasteiger partial charge in [0.2, 0.25) is 5.91 Å². The molecular formula is C17H24N2O5. The molecule has 7 nitrogen and oxygen atoms in total. The van der Waals surface area contributed by atoms with Gasteiger partial charge in [-0.2, -0.15) is 0 Å². The van der Waals surface area contributed by atoms with Gasteiger partial charge in [-0.15, -0.1) is 0 Å². The van der Waals surface area contributed by atoms with Crippen molar-refractivity contribution in [2.75, 3.05) is 19.8 Å². The average Bonchev–Trinajstić information content (AvgIpc) is 2.58. The molecule has 0 aliphatic heterocycles. The largest absolute Gasteiger partial charge is 0.490 e. The van der Waals surface area contributed by atoms with E-state index in [-0.39, 0.29) is 12.5 Å². The van der Waals surface area contributed by atoms with Crippen LogP contribution in [0.4, 0.5) is 0 Å². The van der Waals surface area contributed by atoms with Crippen molar-refractivity contribution in [1.29, 1.82) is 0 Å². The van der Waals surface area contributed by atoms with Crippen LogP contribution in [0.15, 0.2) is 18.2 Å². The summed E-state index contributed by atoms with van der Waals surface area (Å²) in [5.74, 6) is 0.0935. The fraction of sp³-hybridized carbons (Fsp3) is 0.471. The number of benzene rings is 1. The smallest absolute Gasteiger partial charge is 0.258 e. The van der Waals surface area contributed by atoms with Crippen molar-refractivity contribution in [3.8, 4) is 11.5 Å². The van der Waals surface area contributed by atoms with Crippen LogP contribution in [-0.2, 0) is 9.59 Å². The molecule has 0 radical (unpaired) electrons. The van der Waals surface area contributed by atoms with Crippen molar-refractivity contribution in [2.24, 2.45) is 0 Å². The van der Waals surface area contributed by atoms with E-state index in [0.29, 0.717) is 36.5 Å². The van der Waals surface area contributed by atoms with Crippen LogP contribution in [0, 0.1) is 0 Å². The highest BCUT2D eigenvalue weighted by Crippen LogP contribution is 2.27. The highest BCUT2D eigenvalue weighted by Gasteiger charge is 2.16. The molecule has 0 fully saturated rings. The second-order valence-corrected chi connectivity index (χ2v) is 5.13.